The molecular weight excluding hydrogens is 370 g/mol. The Labute approximate surface area is 189 Å². The number of nitrogens with zero attached hydrogens (tertiary/aromatic N) is 1. The lowest BCUT2D eigenvalue weighted by molar-refractivity contribution is -0.145. The zero-order valence-electron chi connectivity index (χ0n) is 21.0. The summed E-state index contributed by atoms with van der Waals surface area (Å²) in [6.45, 7) is 9.91. The van der Waals surface area contributed by atoms with Crippen molar-refractivity contribution < 1.29 is 9.53 Å². The van der Waals surface area contributed by atoms with Crippen LogP contribution in [0.4, 0.5) is 0 Å². The highest BCUT2D eigenvalue weighted by Gasteiger charge is 2.11. The maximum atomic E-state index is 12.2. The van der Waals surface area contributed by atoms with E-state index in [0.29, 0.717) is 13.2 Å². The van der Waals surface area contributed by atoms with Crippen LogP contribution in [0, 0.1) is 0 Å². The molecule has 0 spiro atoms. The van der Waals surface area contributed by atoms with Gasteiger partial charge >= 0.3 is 5.97 Å². The molecule has 0 aliphatic rings. The molecular formula is C27H55NO2. The highest BCUT2D eigenvalue weighted by Crippen LogP contribution is 2.11. The van der Waals surface area contributed by atoms with Crippen molar-refractivity contribution >= 4 is 5.97 Å². The molecule has 0 radical (unpaired) electrons. The van der Waals surface area contributed by atoms with Gasteiger partial charge in [0, 0.05) is 0 Å². The van der Waals surface area contributed by atoms with Gasteiger partial charge < -0.3 is 4.74 Å². The van der Waals surface area contributed by atoms with Gasteiger partial charge in [-0.1, -0.05) is 124 Å². The molecule has 0 aromatic rings. The van der Waals surface area contributed by atoms with Crippen molar-refractivity contribution in [1.29, 1.82) is 0 Å². The smallest absolute Gasteiger partial charge is 0.320 e. The molecule has 180 valence electrons. The van der Waals surface area contributed by atoms with Gasteiger partial charge in [0.05, 0.1) is 13.2 Å². The Morgan fingerprint density at radius 3 is 1.33 bits per heavy atom. The Bertz CT molecular complexity index is 326. The SMILES string of the molecule is CCCCCCCCCCN(CCCCCCCCCC)CC(=O)OCCCCC. The summed E-state index contributed by atoms with van der Waals surface area (Å²) in [6.07, 6.45) is 24.7. The molecule has 0 aromatic heterocycles. The van der Waals surface area contributed by atoms with Gasteiger partial charge in [-0.2, -0.15) is 0 Å². The minimum absolute atomic E-state index is 0.0229. The quantitative estimate of drug-likeness (QED) is 0.115. The van der Waals surface area contributed by atoms with Gasteiger partial charge in [-0.25, -0.2) is 0 Å². The van der Waals surface area contributed by atoms with Crippen LogP contribution in [0.5, 0.6) is 0 Å². The molecule has 0 aromatic carbocycles. The van der Waals surface area contributed by atoms with Crippen LogP contribution in [0.2, 0.25) is 0 Å². The maximum Gasteiger partial charge on any atom is 0.320 e. The van der Waals surface area contributed by atoms with Crippen molar-refractivity contribution in [2.24, 2.45) is 0 Å². The third kappa shape index (κ3) is 22.1. The summed E-state index contributed by atoms with van der Waals surface area (Å²) < 4.78 is 5.46. The molecule has 3 heteroatoms. The number of rotatable bonds is 24. The Morgan fingerprint density at radius 1 is 0.533 bits per heavy atom. The summed E-state index contributed by atoms with van der Waals surface area (Å²) >= 11 is 0. The van der Waals surface area contributed by atoms with Crippen molar-refractivity contribution in [1.82, 2.24) is 4.90 Å². The van der Waals surface area contributed by atoms with Gasteiger partial charge in [0.25, 0.3) is 0 Å². The third-order valence-corrected chi connectivity index (χ3v) is 6.02. The van der Waals surface area contributed by atoms with Crippen LogP contribution in [0.15, 0.2) is 0 Å². The van der Waals surface area contributed by atoms with Crippen molar-refractivity contribution in [3.8, 4) is 0 Å². The Balaban J connectivity index is 3.98. The number of hydrogen-bond donors (Lipinski definition) is 0. The zero-order valence-corrected chi connectivity index (χ0v) is 21.0. The molecule has 0 saturated heterocycles. The molecule has 0 heterocycles. The van der Waals surface area contributed by atoms with E-state index in [1.54, 1.807) is 0 Å². The van der Waals surface area contributed by atoms with Gasteiger partial charge in [0.1, 0.15) is 0 Å². The Morgan fingerprint density at radius 2 is 0.900 bits per heavy atom. The van der Waals surface area contributed by atoms with Crippen molar-refractivity contribution in [3.63, 3.8) is 0 Å². The molecule has 30 heavy (non-hydrogen) atoms. The van der Waals surface area contributed by atoms with E-state index in [0.717, 1.165) is 25.9 Å². The fourth-order valence-electron chi connectivity index (χ4n) is 3.97. The lowest BCUT2D eigenvalue weighted by Crippen LogP contribution is -2.33. The number of carbonyl (C=O) groups excluding carboxylic acids is 1. The fourth-order valence-corrected chi connectivity index (χ4v) is 3.97. The highest BCUT2D eigenvalue weighted by atomic mass is 16.5. The van der Waals surface area contributed by atoms with Crippen LogP contribution < -0.4 is 0 Å². The van der Waals surface area contributed by atoms with E-state index >= 15 is 0 Å². The largest absolute Gasteiger partial charge is 0.465 e. The predicted molar refractivity (Wildman–Crippen MR) is 132 cm³/mol. The van der Waals surface area contributed by atoms with Crippen LogP contribution in [0.25, 0.3) is 0 Å². The van der Waals surface area contributed by atoms with E-state index < -0.39 is 0 Å². The first-order chi connectivity index (χ1) is 14.7. The molecule has 0 N–H and O–H groups in total. The lowest BCUT2D eigenvalue weighted by Gasteiger charge is -2.21. The second-order valence-electron chi connectivity index (χ2n) is 9.15. The van der Waals surface area contributed by atoms with Gasteiger partial charge in [0.15, 0.2) is 0 Å². The van der Waals surface area contributed by atoms with E-state index in [4.69, 9.17) is 4.74 Å². The maximum absolute atomic E-state index is 12.2. The number of carbonyl (C=O) groups is 1. The van der Waals surface area contributed by atoms with Crippen molar-refractivity contribution in [2.75, 3.05) is 26.2 Å². The molecule has 0 amide bonds. The third-order valence-electron chi connectivity index (χ3n) is 6.02. The van der Waals surface area contributed by atoms with Crippen LogP contribution in [-0.2, 0) is 9.53 Å². The normalized spacial score (nSPS) is 11.3. The molecule has 0 unspecified atom stereocenters. The summed E-state index contributed by atoms with van der Waals surface area (Å²) in [5.41, 5.74) is 0. The zero-order chi connectivity index (χ0) is 22.1. The topological polar surface area (TPSA) is 29.5 Å². The molecule has 3 nitrogen and oxygen atoms in total. The summed E-state index contributed by atoms with van der Waals surface area (Å²) in [6, 6.07) is 0. The average Bonchev–Trinajstić information content (AvgIpc) is 2.74. The van der Waals surface area contributed by atoms with E-state index in [2.05, 4.69) is 25.7 Å². The monoisotopic (exact) mass is 425 g/mol. The van der Waals surface area contributed by atoms with E-state index in [1.165, 1.54) is 109 Å². The molecule has 0 aliphatic carbocycles. The fraction of sp³-hybridized carbons (Fsp3) is 0.963. The van der Waals surface area contributed by atoms with Gasteiger partial charge in [-0.3, -0.25) is 9.69 Å². The first-order valence-corrected chi connectivity index (χ1v) is 13.6. The van der Waals surface area contributed by atoms with Crippen LogP contribution in [0.1, 0.15) is 143 Å². The second-order valence-corrected chi connectivity index (χ2v) is 9.15. The minimum Gasteiger partial charge on any atom is -0.465 e. The van der Waals surface area contributed by atoms with Crippen LogP contribution in [-0.4, -0.2) is 37.1 Å². The van der Waals surface area contributed by atoms with Crippen molar-refractivity contribution in [2.45, 2.75) is 143 Å². The molecule has 0 atom stereocenters. The first-order valence-electron chi connectivity index (χ1n) is 13.6. The summed E-state index contributed by atoms with van der Waals surface area (Å²) in [5.74, 6) is -0.0229. The number of unbranched alkanes of at least 4 members (excludes halogenated alkanes) is 16. The highest BCUT2D eigenvalue weighted by molar-refractivity contribution is 5.71. The van der Waals surface area contributed by atoms with E-state index in [1.807, 2.05) is 0 Å². The van der Waals surface area contributed by atoms with E-state index in [-0.39, 0.29) is 5.97 Å². The lowest BCUT2D eigenvalue weighted by atomic mass is 10.1. The van der Waals surface area contributed by atoms with Gasteiger partial charge in [0.2, 0.25) is 0 Å². The standard InChI is InChI=1S/C27H55NO2/c1-4-7-10-12-14-16-18-20-23-28(26-27(29)30-25-22-9-6-3)24-21-19-17-15-13-11-8-5-2/h4-26H2,1-3H3. The Kier molecular flexibility index (Phi) is 24.2. The predicted octanol–water partition coefficient (Wildman–Crippen LogP) is 8.30. The van der Waals surface area contributed by atoms with Gasteiger partial charge in [-0.15, -0.1) is 0 Å². The first kappa shape index (κ1) is 29.4. The van der Waals surface area contributed by atoms with Crippen LogP contribution >= 0.6 is 0 Å². The summed E-state index contributed by atoms with van der Waals surface area (Å²) in [4.78, 5) is 14.6. The second kappa shape index (κ2) is 24.7. The summed E-state index contributed by atoms with van der Waals surface area (Å²) in [5, 5.41) is 0. The molecule has 0 saturated carbocycles. The minimum atomic E-state index is -0.0229. The van der Waals surface area contributed by atoms with Crippen LogP contribution in [0.3, 0.4) is 0 Å². The summed E-state index contributed by atoms with van der Waals surface area (Å²) in [7, 11) is 0. The molecule has 0 aliphatic heterocycles. The number of ether oxygens (including phenoxy) is 1. The molecule has 0 fully saturated rings. The Hall–Kier alpha value is -0.570. The number of esters is 1. The van der Waals surface area contributed by atoms with Crippen molar-refractivity contribution in [3.05, 3.63) is 0 Å². The van der Waals surface area contributed by atoms with Gasteiger partial charge in [-0.05, 0) is 32.4 Å². The molecule has 0 bridgehead atoms. The van der Waals surface area contributed by atoms with E-state index in [9.17, 15) is 4.79 Å². The number of hydrogen-bond acceptors (Lipinski definition) is 3. The average molecular weight is 426 g/mol. The molecule has 0 rings (SSSR count).